The number of nitrogens with zero attached hydrogens (tertiary/aromatic N) is 3. The molecule has 1 saturated carbocycles. The second kappa shape index (κ2) is 8.93. The average molecular weight is 433 g/mol. The number of carbonyl (C=O) groups is 2. The lowest BCUT2D eigenvalue weighted by molar-refractivity contribution is -0.123. The summed E-state index contributed by atoms with van der Waals surface area (Å²) >= 11 is 0. The molecule has 1 spiro atoms. The summed E-state index contributed by atoms with van der Waals surface area (Å²) in [6.45, 7) is 2.21. The van der Waals surface area contributed by atoms with E-state index in [0.717, 1.165) is 51.0 Å². The molecule has 2 heterocycles. The van der Waals surface area contributed by atoms with Crippen molar-refractivity contribution in [2.24, 2.45) is 11.3 Å². The third-order valence-corrected chi connectivity index (χ3v) is 7.55. The van der Waals surface area contributed by atoms with E-state index in [1.54, 1.807) is 10.9 Å². The van der Waals surface area contributed by atoms with Crippen LogP contribution in [0.4, 0.5) is 0 Å². The minimum Gasteiger partial charge on any atom is -0.356 e. The van der Waals surface area contributed by atoms with Gasteiger partial charge in [0.05, 0.1) is 5.69 Å². The molecule has 1 N–H and O–H groups in total. The molecule has 2 aliphatic carbocycles. The van der Waals surface area contributed by atoms with Crippen molar-refractivity contribution in [2.75, 3.05) is 19.6 Å². The quantitative estimate of drug-likeness (QED) is 0.698. The first-order valence-corrected chi connectivity index (χ1v) is 12.0. The van der Waals surface area contributed by atoms with Crippen LogP contribution in [0.5, 0.6) is 0 Å². The first-order valence-electron chi connectivity index (χ1n) is 12.0. The Morgan fingerprint density at radius 2 is 2.03 bits per heavy atom. The fourth-order valence-electron chi connectivity index (χ4n) is 5.41. The summed E-state index contributed by atoms with van der Waals surface area (Å²) in [7, 11) is 0. The summed E-state index contributed by atoms with van der Waals surface area (Å²) in [4.78, 5) is 27.7. The zero-order valence-electron chi connectivity index (χ0n) is 18.6. The monoisotopic (exact) mass is 432 g/mol. The molecule has 3 aliphatic rings. The molecule has 32 heavy (non-hydrogen) atoms. The number of nitrogens with one attached hydrogen (secondary N) is 1. The molecule has 6 nitrogen and oxygen atoms in total. The standard InChI is InChI=1S/C26H32N4O2/c31-24(27-14-10-20-6-2-1-3-7-20)23-19-26(23)11-16-29(17-12-26)25(32)21-8-4-9-22(18-21)30-15-5-13-28-30/h4-6,8-9,13,15,18,23H,1-3,7,10-12,14,16-17,19H2,(H,27,31). The molecular formula is C26H32N4O2. The number of rotatable bonds is 6. The SMILES string of the molecule is O=C(NCCC1=CCCCC1)C1CC12CCN(C(=O)c1cccc(-n3cccn3)c1)CC2. The fraction of sp³-hybridized carbons (Fsp3) is 0.500. The van der Waals surface area contributed by atoms with E-state index in [1.165, 1.54) is 31.3 Å². The Bertz CT molecular complexity index is 1000. The second-order valence-electron chi connectivity index (χ2n) is 9.56. The number of amides is 2. The van der Waals surface area contributed by atoms with Crippen LogP contribution in [0, 0.1) is 11.3 Å². The van der Waals surface area contributed by atoms with Crippen molar-refractivity contribution in [2.45, 2.75) is 51.4 Å². The van der Waals surface area contributed by atoms with Gasteiger partial charge in [-0.1, -0.05) is 17.7 Å². The van der Waals surface area contributed by atoms with Gasteiger partial charge in [-0.25, -0.2) is 4.68 Å². The lowest BCUT2D eigenvalue weighted by Crippen LogP contribution is -2.40. The van der Waals surface area contributed by atoms with Crippen molar-refractivity contribution in [3.63, 3.8) is 0 Å². The molecule has 0 bridgehead atoms. The molecule has 6 heteroatoms. The molecule has 2 aromatic rings. The van der Waals surface area contributed by atoms with E-state index in [2.05, 4.69) is 16.5 Å². The summed E-state index contributed by atoms with van der Waals surface area (Å²) in [5.41, 5.74) is 3.20. The van der Waals surface area contributed by atoms with Gasteiger partial charge in [0.2, 0.25) is 5.91 Å². The van der Waals surface area contributed by atoms with Crippen molar-refractivity contribution < 1.29 is 9.59 Å². The Morgan fingerprint density at radius 3 is 2.78 bits per heavy atom. The van der Waals surface area contributed by atoms with Crippen LogP contribution >= 0.6 is 0 Å². The van der Waals surface area contributed by atoms with Crippen LogP contribution in [-0.2, 0) is 4.79 Å². The lowest BCUT2D eigenvalue weighted by Gasteiger charge is -2.33. The number of hydrogen-bond acceptors (Lipinski definition) is 3. The van der Waals surface area contributed by atoms with Gasteiger partial charge in [-0.2, -0.15) is 5.10 Å². The largest absolute Gasteiger partial charge is 0.356 e. The highest BCUT2D eigenvalue weighted by molar-refractivity contribution is 5.95. The predicted molar refractivity (Wildman–Crippen MR) is 123 cm³/mol. The number of piperidine rings is 1. The Morgan fingerprint density at radius 1 is 1.16 bits per heavy atom. The molecular weight excluding hydrogens is 400 g/mol. The normalized spacial score (nSPS) is 21.8. The molecule has 1 aromatic heterocycles. The van der Waals surface area contributed by atoms with E-state index >= 15 is 0 Å². The zero-order valence-corrected chi connectivity index (χ0v) is 18.6. The topological polar surface area (TPSA) is 67.2 Å². The molecule has 1 saturated heterocycles. The summed E-state index contributed by atoms with van der Waals surface area (Å²) < 4.78 is 1.76. The van der Waals surface area contributed by atoms with E-state index in [0.29, 0.717) is 5.56 Å². The molecule has 2 amide bonds. The van der Waals surface area contributed by atoms with E-state index < -0.39 is 0 Å². The minimum atomic E-state index is 0.0660. The number of hydrogen-bond donors (Lipinski definition) is 1. The van der Waals surface area contributed by atoms with Gasteiger partial charge in [-0.05, 0) is 81.0 Å². The molecule has 1 aliphatic heterocycles. The Kier molecular flexibility index (Phi) is 5.85. The first kappa shape index (κ1) is 21.0. The van der Waals surface area contributed by atoms with Gasteiger partial charge in [0.1, 0.15) is 0 Å². The third kappa shape index (κ3) is 4.36. The molecule has 1 atom stereocenters. The highest BCUT2D eigenvalue weighted by Crippen LogP contribution is 2.59. The van der Waals surface area contributed by atoms with Crippen molar-refractivity contribution >= 4 is 11.8 Å². The van der Waals surface area contributed by atoms with E-state index in [1.807, 2.05) is 41.4 Å². The number of benzene rings is 1. The third-order valence-electron chi connectivity index (χ3n) is 7.55. The van der Waals surface area contributed by atoms with Crippen molar-refractivity contribution in [1.29, 1.82) is 0 Å². The maximum absolute atomic E-state index is 13.1. The van der Waals surface area contributed by atoms with Crippen LogP contribution in [0.25, 0.3) is 5.69 Å². The van der Waals surface area contributed by atoms with Crippen LogP contribution in [0.15, 0.2) is 54.4 Å². The van der Waals surface area contributed by atoms with Gasteiger partial charge < -0.3 is 10.2 Å². The highest BCUT2D eigenvalue weighted by Gasteiger charge is 2.58. The van der Waals surface area contributed by atoms with Crippen LogP contribution in [0.3, 0.4) is 0 Å². The van der Waals surface area contributed by atoms with Gasteiger partial charge >= 0.3 is 0 Å². The number of likely N-dealkylation sites (tertiary alicyclic amines) is 1. The average Bonchev–Trinajstić information content (AvgIpc) is 3.26. The van der Waals surface area contributed by atoms with Crippen LogP contribution in [0.1, 0.15) is 61.7 Å². The van der Waals surface area contributed by atoms with Crippen LogP contribution in [0.2, 0.25) is 0 Å². The first-order chi connectivity index (χ1) is 15.6. The maximum Gasteiger partial charge on any atom is 0.253 e. The van der Waals surface area contributed by atoms with Crippen LogP contribution < -0.4 is 5.32 Å². The van der Waals surface area contributed by atoms with Crippen molar-refractivity contribution in [3.8, 4) is 5.69 Å². The molecule has 1 unspecified atom stereocenters. The molecule has 0 radical (unpaired) electrons. The zero-order chi connectivity index (χ0) is 22.0. The van der Waals surface area contributed by atoms with Crippen molar-refractivity contribution in [1.82, 2.24) is 20.0 Å². The Hall–Kier alpha value is -2.89. The van der Waals surface area contributed by atoms with Crippen LogP contribution in [-0.4, -0.2) is 46.1 Å². The van der Waals surface area contributed by atoms with Gasteiger partial charge in [-0.3, -0.25) is 9.59 Å². The predicted octanol–water partition coefficient (Wildman–Crippen LogP) is 4.12. The fourth-order valence-corrected chi connectivity index (χ4v) is 5.41. The lowest BCUT2D eigenvalue weighted by atomic mass is 9.90. The molecule has 1 aromatic carbocycles. The molecule has 168 valence electrons. The summed E-state index contributed by atoms with van der Waals surface area (Å²) in [5, 5.41) is 7.42. The highest BCUT2D eigenvalue weighted by atomic mass is 16.2. The summed E-state index contributed by atoms with van der Waals surface area (Å²) in [5.74, 6) is 0.410. The van der Waals surface area contributed by atoms with Gasteiger partial charge in [0.15, 0.2) is 0 Å². The van der Waals surface area contributed by atoms with E-state index in [-0.39, 0.29) is 23.1 Å². The van der Waals surface area contributed by atoms with E-state index in [4.69, 9.17) is 0 Å². The second-order valence-corrected chi connectivity index (χ2v) is 9.56. The number of allylic oxidation sites excluding steroid dienone is 1. The summed E-state index contributed by atoms with van der Waals surface area (Å²) in [6, 6.07) is 9.49. The summed E-state index contributed by atoms with van der Waals surface area (Å²) in [6.07, 6.45) is 14.7. The Balaban J connectivity index is 1.11. The van der Waals surface area contributed by atoms with Gasteiger partial charge in [-0.15, -0.1) is 0 Å². The molecule has 5 rings (SSSR count). The van der Waals surface area contributed by atoms with Gasteiger partial charge in [0.25, 0.3) is 5.91 Å². The van der Waals surface area contributed by atoms with E-state index in [9.17, 15) is 9.59 Å². The Labute approximate surface area is 189 Å². The van der Waals surface area contributed by atoms with Crippen molar-refractivity contribution in [3.05, 3.63) is 59.9 Å². The number of aromatic nitrogens is 2. The minimum absolute atomic E-state index is 0.0660. The smallest absolute Gasteiger partial charge is 0.253 e. The molecule has 2 fully saturated rings. The maximum atomic E-state index is 13.1. The van der Waals surface area contributed by atoms with Gasteiger partial charge in [0, 0.05) is 43.5 Å². The number of carbonyl (C=O) groups excluding carboxylic acids is 2.